The summed E-state index contributed by atoms with van der Waals surface area (Å²) < 4.78 is 6.55. The first-order chi connectivity index (χ1) is 7.65. The quantitative estimate of drug-likeness (QED) is 0.899. The van der Waals surface area contributed by atoms with Gasteiger partial charge in [-0.2, -0.15) is 0 Å². The summed E-state index contributed by atoms with van der Waals surface area (Å²) in [5.41, 5.74) is 1.03. The summed E-state index contributed by atoms with van der Waals surface area (Å²) in [6, 6.07) is 5.81. The molecule has 0 bridgehead atoms. The number of benzene rings is 1. The number of hydrogen-bond donors (Lipinski definition) is 1. The largest absolute Gasteiger partial charge is 0.492 e. The molecule has 1 aromatic rings. The predicted molar refractivity (Wildman–Crippen MR) is 62.5 cm³/mol. The van der Waals surface area contributed by atoms with Gasteiger partial charge < -0.3 is 9.84 Å². The van der Waals surface area contributed by atoms with E-state index in [2.05, 4.69) is 15.9 Å². The van der Waals surface area contributed by atoms with Gasteiger partial charge in [-0.25, -0.2) is 0 Å². The van der Waals surface area contributed by atoms with Crippen molar-refractivity contribution in [2.24, 2.45) is 0 Å². The lowest BCUT2D eigenvalue weighted by Crippen LogP contribution is -2.31. The van der Waals surface area contributed by atoms with E-state index in [0.717, 1.165) is 15.8 Å². The Kier molecular flexibility index (Phi) is 3.46. The van der Waals surface area contributed by atoms with Gasteiger partial charge in [-0.05, 0) is 12.1 Å². The lowest BCUT2D eigenvalue weighted by atomic mass is 10.2. The van der Waals surface area contributed by atoms with Gasteiger partial charge in [0.1, 0.15) is 12.4 Å². The number of fused-ring (bicyclic) bond motifs is 1. The van der Waals surface area contributed by atoms with Gasteiger partial charge in [0.15, 0.2) is 0 Å². The van der Waals surface area contributed by atoms with Crippen LogP contribution >= 0.6 is 15.9 Å². The fraction of sp³-hybridized carbons (Fsp3) is 0.364. The standard InChI is InChI=1S/C11H12BrNO3/c12-9-2-1-8-6-13(7-11(14)15)3-4-16-10(8)5-9/h1-2,5H,3-4,6-7H2,(H,14,15). The maximum Gasteiger partial charge on any atom is 0.317 e. The molecule has 0 saturated heterocycles. The first kappa shape index (κ1) is 11.4. The lowest BCUT2D eigenvalue weighted by molar-refractivity contribution is -0.138. The monoisotopic (exact) mass is 285 g/mol. The topological polar surface area (TPSA) is 49.8 Å². The number of ether oxygens (including phenoxy) is 1. The number of rotatable bonds is 2. The maximum atomic E-state index is 10.7. The second kappa shape index (κ2) is 4.84. The Hall–Kier alpha value is -1.07. The van der Waals surface area contributed by atoms with Gasteiger partial charge in [0, 0.05) is 23.1 Å². The molecule has 1 heterocycles. The van der Waals surface area contributed by atoms with Crippen LogP contribution in [0, 0.1) is 0 Å². The normalized spacial score (nSPS) is 16.1. The molecule has 16 heavy (non-hydrogen) atoms. The van der Waals surface area contributed by atoms with Crippen molar-refractivity contribution in [3.63, 3.8) is 0 Å². The summed E-state index contributed by atoms with van der Waals surface area (Å²) in [6.07, 6.45) is 0. The molecule has 1 aromatic carbocycles. The fourth-order valence-corrected chi connectivity index (χ4v) is 2.06. The van der Waals surface area contributed by atoms with Crippen molar-refractivity contribution < 1.29 is 14.6 Å². The predicted octanol–water partition coefficient (Wildman–Crippen LogP) is 1.73. The van der Waals surface area contributed by atoms with Crippen molar-refractivity contribution in [3.8, 4) is 5.75 Å². The molecule has 0 spiro atoms. The molecule has 0 aliphatic carbocycles. The van der Waals surface area contributed by atoms with Gasteiger partial charge in [0.05, 0.1) is 6.54 Å². The summed E-state index contributed by atoms with van der Waals surface area (Å²) in [6.45, 7) is 1.84. The van der Waals surface area contributed by atoms with E-state index in [0.29, 0.717) is 19.7 Å². The molecule has 0 fully saturated rings. The summed E-state index contributed by atoms with van der Waals surface area (Å²) >= 11 is 3.38. The zero-order chi connectivity index (χ0) is 11.5. The van der Waals surface area contributed by atoms with Crippen molar-refractivity contribution in [2.75, 3.05) is 19.7 Å². The molecule has 2 rings (SSSR count). The number of halogens is 1. The molecule has 1 aliphatic rings. The van der Waals surface area contributed by atoms with Crippen LogP contribution in [0.1, 0.15) is 5.56 Å². The molecule has 4 nitrogen and oxygen atoms in total. The van der Waals surface area contributed by atoms with Crippen LogP contribution in [-0.2, 0) is 11.3 Å². The molecule has 0 amide bonds. The van der Waals surface area contributed by atoms with Gasteiger partial charge in [-0.15, -0.1) is 0 Å². The highest BCUT2D eigenvalue weighted by atomic mass is 79.9. The summed E-state index contributed by atoms with van der Waals surface area (Å²) in [4.78, 5) is 12.5. The Morgan fingerprint density at radius 2 is 2.38 bits per heavy atom. The van der Waals surface area contributed by atoms with Gasteiger partial charge in [0.2, 0.25) is 0 Å². The second-order valence-corrected chi connectivity index (χ2v) is 4.62. The number of hydrogen-bond acceptors (Lipinski definition) is 3. The average molecular weight is 286 g/mol. The minimum atomic E-state index is -0.805. The van der Waals surface area contributed by atoms with E-state index in [1.807, 2.05) is 23.1 Å². The highest BCUT2D eigenvalue weighted by Crippen LogP contribution is 2.26. The first-order valence-corrected chi connectivity index (χ1v) is 5.80. The summed E-state index contributed by atoms with van der Waals surface area (Å²) in [7, 11) is 0. The number of carboxylic acids is 1. The highest BCUT2D eigenvalue weighted by molar-refractivity contribution is 9.10. The van der Waals surface area contributed by atoms with Gasteiger partial charge in [0.25, 0.3) is 0 Å². The first-order valence-electron chi connectivity index (χ1n) is 5.00. The maximum absolute atomic E-state index is 10.7. The molecule has 0 aromatic heterocycles. The van der Waals surface area contributed by atoms with Crippen LogP contribution in [0.5, 0.6) is 5.75 Å². The minimum absolute atomic E-state index is 0.0544. The van der Waals surface area contributed by atoms with E-state index in [-0.39, 0.29) is 6.54 Å². The second-order valence-electron chi connectivity index (χ2n) is 3.70. The van der Waals surface area contributed by atoms with E-state index in [4.69, 9.17) is 9.84 Å². The average Bonchev–Trinajstić information content (AvgIpc) is 2.38. The van der Waals surface area contributed by atoms with Crippen LogP contribution in [0.15, 0.2) is 22.7 Å². The Morgan fingerprint density at radius 3 is 3.12 bits per heavy atom. The molecule has 1 aliphatic heterocycles. The number of carboxylic acid groups (broad SMARTS) is 1. The zero-order valence-corrected chi connectivity index (χ0v) is 10.2. The Balaban J connectivity index is 2.17. The molecule has 0 unspecified atom stereocenters. The highest BCUT2D eigenvalue weighted by Gasteiger charge is 2.17. The van der Waals surface area contributed by atoms with E-state index >= 15 is 0 Å². The molecular weight excluding hydrogens is 274 g/mol. The third kappa shape index (κ3) is 2.74. The Bertz CT molecular complexity index is 408. The van der Waals surface area contributed by atoms with Gasteiger partial charge in [-0.3, -0.25) is 9.69 Å². The van der Waals surface area contributed by atoms with E-state index in [1.165, 1.54) is 0 Å². The van der Waals surface area contributed by atoms with E-state index < -0.39 is 5.97 Å². The van der Waals surface area contributed by atoms with Crippen molar-refractivity contribution >= 4 is 21.9 Å². The molecular formula is C11H12BrNO3. The Labute approximate surface area is 102 Å². The SMILES string of the molecule is O=C(O)CN1CCOc2cc(Br)ccc2C1. The van der Waals surface area contributed by atoms with Crippen molar-refractivity contribution in [1.82, 2.24) is 4.90 Å². The van der Waals surface area contributed by atoms with Crippen molar-refractivity contribution in [1.29, 1.82) is 0 Å². The van der Waals surface area contributed by atoms with Crippen molar-refractivity contribution in [2.45, 2.75) is 6.54 Å². The lowest BCUT2D eigenvalue weighted by Gasteiger charge is -2.16. The van der Waals surface area contributed by atoms with Crippen molar-refractivity contribution in [3.05, 3.63) is 28.2 Å². The minimum Gasteiger partial charge on any atom is -0.492 e. The molecule has 86 valence electrons. The fourth-order valence-electron chi connectivity index (χ4n) is 1.72. The molecule has 1 N–H and O–H groups in total. The van der Waals surface area contributed by atoms with Crippen LogP contribution in [0.3, 0.4) is 0 Å². The van der Waals surface area contributed by atoms with E-state index in [1.54, 1.807) is 0 Å². The van der Waals surface area contributed by atoms with Crippen LogP contribution in [0.25, 0.3) is 0 Å². The molecule has 0 atom stereocenters. The van der Waals surface area contributed by atoms with E-state index in [9.17, 15) is 4.79 Å². The van der Waals surface area contributed by atoms with Gasteiger partial charge >= 0.3 is 5.97 Å². The Morgan fingerprint density at radius 1 is 1.56 bits per heavy atom. The van der Waals surface area contributed by atoms with Crippen LogP contribution in [0.2, 0.25) is 0 Å². The number of nitrogens with zero attached hydrogens (tertiary/aromatic N) is 1. The summed E-state index contributed by atoms with van der Waals surface area (Å²) in [5.74, 6) is 0.0304. The summed E-state index contributed by atoms with van der Waals surface area (Å²) in [5, 5.41) is 8.76. The number of aliphatic carboxylic acids is 1. The molecule has 5 heteroatoms. The number of carbonyl (C=O) groups is 1. The van der Waals surface area contributed by atoms with Crippen LogP contribution < -0.4 is 4.74 Å². The smallest absolute Gasteiger partial charge is 0.317 e. The molecule has 0 radical (unpaired) electrons. The molecule has 0 saturated carbocycles. The zero-order valence-electron chi connectivity index (χ0n) is 8.65. The third-order valence-corrected chi connectivity index (χ3v) is 2.94. The van der Waals surface area contributed by atoms with Crippen LogP contribution in [-0.4, -0.2) is 35.7 Å². The third-order valence-electron chi connectivity index (χ3n) is 2.45. The van der Waals surface area contributed by atoms with Gasteiger partial charge in [-0.1, -0.05) is 22.0 Å². The van der Waals surface area contributed by atoms with Crippen LogP contribution in [0.4, 0.5) is 0 Å².